The summed E-state index contributed by atoms with van der Waals surface area (Å²) in [6, 6.07) is 2.25. The largest absolute Gasteiger partial charge is 0.371 e. The molecule has 0 aromatic rings. The summed E-state index contributed by atoms with van der Waals surface area (Å²) in [5.74, 6) is 2.52. The van der Waals surface area contributed by atoms with Crippen molar-refractivity contribution in [2.24, 2.45) is 17.8 Å². The predicted molar refractivity (Wildman–Crippen MR) is 66.2 cm³/mol. The van der Waals surface area contributed by atoms with E-state index in [2.05, 4.69) is 13.0 Å². The minimum absolute atomic E-state index is 0.0662. The predicted octanol–water partition coefficient (Wildman–Crippen LogP) is 3.44. The van der Waals surface area contributed by atoms with Gasteiger partial charge < -0.3 is 4.74 Å². The van der Waals surface area contributed by atoms with Gasteiger partial charge in [0, 0.05) is 12.7 Å². The van der Waals surface area contributed by atoms with Crippen molar-refractivity contribution in [3.8, 4) is 6.07 Å². The van der Waals surface area contributed by atoms with Gasteiger partial charge in [0.2, 0.25) is 0 Å². The zero-order valence-electron chi connectivity index (χ0n) is 10.6. The maximum atomic E-state index is 9.01. The first kappa shape index (κ1) is 11.3. The van der Waals surface area contributed by atoms with Crippen molar-refractivity contribution < 1.29 is 4.74 Å². The molecule has 92 valence electrons. The van der Waals surface area contributed by atoms with Gasteiger partial charge >= 0.3 is 0 Å². The second-order valence-electron chi connectivity index (χ2n) is 6.14. The maximum Gasteiger partial charge on any atom is 0.0912 e. The van der Waals surface area contributed by atoms with Crippen LogP contribution in [0.15, 0.2) is 11.6 Å². The lowest BCUT2D eigenvalue weighted by Gasteiger charge is -2.45. The average molecular weight is 231 g/mol. The Morgan fingerprint density at radius 3 is 2.53 bits per heavy atom. The van der Waals surface area contributed by atoms with Crippen LogP contribution in [0.2, 0.25) is 0 Å². The number of rotatable bonds is 2. The number of hydrogen-bond acceptors (Lipinski definition) is 2. The highest BCUT2D eigenvalue weighted by Gasteiger charge is 2.50. The zero-order chi connectivity index (χ0) is 11.9. The molecule has 0 aliphatic heterocycles. The van der Waals surface area contributed by atoms with Gasteiger partial charge in [0.1, 0.15) is 0 Å². The topological polar surface area (TPSA) is 33.0 Å². The summed E-state index contributed by atoms with van der Waals surface area (Å²) in [6.07, 6.45) is 9.38. The molecule has 0 saturated heterocycles. The van der Waals surface area contributed by atoms with E-state index in [4.69, 9.17) is 10.00 Å². The Hall–Kier alpha value is -0.810. The summed E-state index contributed by atoms with van der Waals surface area (Å²) in [7, 11) is 0. The molecule has 0 aromatic carbocycles. The second-order valence-corrected chi connectivity index (χ2v) is 6.14. The molecule has 4 rings (SSSR count). The van der Waals surface area contributed by atoms with E-state index in [0.29, 0.717) is 0 Å². The molecule has 2 heteroatoms. The van der Waals surface area contributed by atoms with E-state index in [-0.39, 0.29) is 5.60 Å². The molecule has 4 saturated carbocycles. The first-order chi connectivity index (χ1) is 8.25. The SMILES string of the molecule is CCOC12C[C@@H]3CC(C/C1=C\C#N)C[C@@H](C3)C2. The van der Waals surface area contributed by atoms with E-state index in [1.807, 2.05) is 0 Å². The molecule has 4 aliphatic carbocycles. The molecule has 0 amide bonds. The number of ether oxygens (including phenoxy) is 1. The van der Waals surface area contributed by atoms with E-state index in [1.54, 1.807) is 6.08 Å². The van der Waals surface area contributed by atoms with Crippen molar-refractivity contribution in [2.75, 3.05) is 6.61 Å². The third-order valence-corrected chi connectivity index (χ3v) is 4.99. The van der Waals surface area contributed by atoms with Crippen molar-refractivity contribution in [3.05, 3.63) is 11.6 Å². The van der Waals surface area contributed by atoms with Crippen LogP contribution in [-0.2, 0) is 4.74 Å². The normalized spacial score (nSPS) is 45.9. The van der Waals surface area contributed by atoms with Gasteiger partial charge in [-0.1, -0.05) is 0 Å². The van der Waals surface area contributed by atoms with Gasteiger partial charge in [-0.15, -0.1) is 0 Å². The highest BCUT2D eigenvalue weighted by molar-refractivity contribution is 5.28. The summed E-state index contributed by atoms with van der Waals surface area (Å²) >= 11 is 0. The molecule has 0 heterocycles. The molecule has 2 unspecified atom stereocenters. The lowest BCUT2D eigenvalue weighted by atomic mass is 9.65. The standard InChI is InChI=1S/C15H21NO/c1-2-17-15-9-12-5-11(6-13(7-12)10-15)8-14(15)3-4-16/h3,11-13H,2,5-10H2,1H3/b14-3+/t11?,12-,13+,15?. The highest BCUT2D eigenvalue weighted by atomic mass is 16.5. The number of nitrogens with zero attached hydrogens (tertiary/aromatic N) is 1. The maximum absolute atomic E-state index is 9.01. The quantitative estimate of drug-likeness (QED) is 0.682. The fourth-order valence-electron chi connectivity index (χ4n) is 4.73. The fraction of sp³-hybridized carbons (Fsp3) is 0.800. The van der Waals surface area contributed by atoms with Gasteiger partial charge in [0.25, 0.3) is 0 Å². The van der Waals surface area contributed by atoms with E-state index >= 15 is 0 Å². The molecular weight excluding hydrogens is 210 g/mol. The molecular formula is C15H21NO. The summed E-state index contributed by atoms with van der Waals surface area (Å²) < 4.78 is 6.16. The molecule has 0 N–H and O–H groups in total. The van der Waals surface area contributed by atoms with Crippen LogP contribution in [0.25, 0.3) is 0 Å². The summed E-state index contributed by atoms with van der Waals surface area (Å²) in [6.45, 7) is 2.85. The van der Waals surface area contributed by atoms with Crippen molar-refractivity contribution in [1.82, 2.24) is 0 Å². The number of allylic oxidation sites excluding steroid dienone is 1. The van der Waals surface area contributed by atoms with Crippen LogP contribution < -0.4 is 0 Å². The Morgan fingerprint density at radius 1 is 1.29 bits per heavy atom. The Bertz CT molecular complexity index is 365. The monoisotopic (exact) mass is 231 g/mol. The zero-order valence-corrected chi connectivity index (χ0v) is 10.6. The minimum Gasteiger partial charge on any atom is -0.371 e. The molecule has 4 fully saturated rings. The van der Waals surface area contributed by atoms with Gasteiger partial charge in [-0.3, -0.25) is 0 Å². The lowest BCUT2D eigenvalue weighted by Crippen LogP contribution is -2.42. The molecule has 4 bridgehead atoms. The van der Waals surface area contributed by atoms with E-state index in [0.717, 1.165) is 30.8 Å². The van der Waals surface area contributed by atoms with Gasteiger partial charge in [-0.05, 0) is 68.8 Å². The highest BCUT2D eigenvalue weighted by Crippen LogP contribution is 2.56. The van der Waals surface area contributed by atoms with Crippen molar-refractivity contribution in [3.63, 3.8) is 0 Å². The Kier molecular flexibility index (Phi) is 2.75. The lowest BCUT2D eigenvalue weighted by molar-refractivity contribution is -0.0696. The number of fused-ring (bicyclic) bond motifs is 1. The summed E-state index contributed by atoms with van der Waals surface area (Å²) in [4.78, 5) is 0. The van der Waals surface area contributed by atoms with Crippen LogP contribution in [0.4, 0.5) is 0 Å². The van der Waals surface area contributed by atoms with Crippen LogP contribution in [0, 0.1) is 29.1 Å². The van der Waals surface area contributed by atoms with Crippen LogP contribution in [0.3, 0.4) is 0 Å². The third-order valence-electron chi connectivity index (χ3n) is 4.99. The van der Waals surface area contributed by atoms with Crippen LogP contribution in [0.5, 0.6) is 0 Å². The van der Waals surface area contributed by atoms with E-state index < -0.39 is 0 Å². The molecule has 4 aliphatic rings. The molecule has 2 nitrogen and oxygen atoms in total. The van der Waals surface area contributed by atoms with E-state index in [1.165, 1.54) is 37.7 Å². The van der Waals surface area contributed by atoms with Crippen molar-refractivity contribution in [1.29, 1.82) is 5.26 Å². The first-order valence-electron chi connectivity index (χ1n) is 6.99. The third kappa shape index (κ3) is 1.81. The Labute approximate surface area is 104 Å². The van der Waals surface area contributed by atoms with Crippen molar-refractivity contribution >= 4 is 0 Å². The van der Waals surface area contributed by atoms with Gasteiger partial charge in [-0.25, -0.2) is 0 Å². The second kappa shape index (κ2) is 4.14. The molecule has 0 radical (unpaired) electrons. The molecule has 0 spiro atoms. The van der Waals surface area contributed by atoms with Crippen LogP contribution in [0.1, 0.15) is 45.4 Å². The van der Waals surface area contributed by atoms with Gasteiger partial charge in [-0.2, -0.15) is 5.26 Å². The van der Waals surface area contributed by atoms with Crippen LogP contribution in [-0.4, -0.2) is 12.2 Å². The smallest absolute Gasteiger partial charge is 0.0912 e. The van der Waals surface area contributed by atoms with E-state index in [9.17, 15) is 0 Å². The Morgan fingerprint density at radius 2 is 1.94 bits per heavy atom. The molecule has 4 atom stereocenters. The molecule has 17 heavy (non-hydrogen) atoms. The average Bonchev–Trinajstić information content (AvgIpc) is 2.42. The Balaban J connectivity index is 2.00. The number of nitriles is 1. The van der Waals surface area contributed by atoms with Gasteiger partial charge in [0.05, 0.1) is 11.7 Å². The summed E-state index contributed by atoms with van der Waals surface area (Å²) in [5.41, 5.74) is 1.24. The summed E-state index contributed by atoms with van der Waals surface area (Å²) in [5, 5.41) is 9.01. The van der Waals surface area contributed by atoms with Crippen molar-refractivity contribution in [2.45, 2.75) is 51.0 Å². The first-order valence-corrected chi connectivity index (χ1v) is 6.99. The van der Waals surface area contributed by atoms with Gasteiger partial charge in [0.15, 0.2) is 0 Å². The minimum atomic E-state index is -0.0662. The fourth-order valence-corrected chi connectivity index (χ4v) is 4.73. The number of hydrogen-bond donors (Lipinski definition) is 0. The van der Waals surface area contributed by atoms with Crippen LogP contribution >= 0.6 is 0 Å². The molecule has 0 aromatic heterocycles.